The van der Waals surface area contributed by atoms with Gasteiger partial charge < -0.3 is 11.1 Å². The van der Waals surface area contributed by atoms with E-state index in [4.69, 9.17) is 28.9 Å². The Balaban J connectivity index is 2.35. The number of benzene rings is 2. The van der Waals surface area contributed by atoms with E-state index in [9.17, 15) is 14.9 Å². The van der Waals surface area contributed by atoms with Gasteiger partial charge in [-0.2, -0.15) is 0 Å². The van der Waals surface area contributed by atoms with E-state index >= 15 is 0 Å². The lowest BCUT2D eigenvalue weighted by atomic mass is 10.1. The maximum atomic E-state index is 12.2. The van der Waals surface area contributed by atoms with E-state index in [1.807, 2.05) is 0 Å². The van der Waals surface area contributed by atoms with Crippen LogP contribution in [0.15, 0.2) is 36.4 Å². The van der Waals surface area contributed by atoms with Gasteiger partial charge in [-0.05, 0) is 18.2 Å². The fourth-order valence-corrected chi connectivity index (χ4v) is 2.05. The average molecular weight is 326 g/mol. The predicted molar refractivity (Wildman–Crippen MR) is 81.9 cm³/mol. The molecule has 0 unspecified atom stereocenters. The van der Waals surface area contributed by atoms with Gasteiger partial charge in [0.05, 0.1) is 26.2 Å². The number of para-hydroxylation sites is 1. The number of nitrogens with two attached hydrogens (primary N) is 1. The number of hydrogen-bond donors (Lipinski definition) is 2. The molecule has 0 saturated heterocycles. The number of anilines is 2. The van der Waals surface area contributed by atoms with E-state index in [-0.39, 0.29) is 27.0 Å². The molecule has 0 bridgehead atoms. The van der Waals surface area contributed by atoms with Crippen molar-refractivity contribution < 1.29 is 9.72 Å². The van der Waals surface area contributed by atoms with Gasteiger partial charge in [0.2, 0.25) is 0 Å². The number of amides is 1. The zero-order valence-electron chi connectivity index (χ0n) is 10.5. The first-order valence-electron chi connectivity index (χ1n) is 5.70. The Hall–Kier alpha value is -2.31. The van der Waals surface area contributed by atoms with Crippen LogP contribution in [0.25, 0.3) is 0 Å². The summed E-state index contributed by atoms with van der Waals surface area (Å²) in [6.07, 6.45) is 0. The van der Waals surface area contributed by atoms with Crippen LogP contribution in [0.2, 0.25) is 10.0 Å². The first-order chi connectivity index (χ1) is 9.91. The monoisotopic (exact) mass is 325 g/mol. The van der Waals surface area contributed by atoms with Crippen molar-refractivity contribution in [1.82, 2.24) is 0 Å². The third-order valence-electron chi connectivity index (χ3n) is 2.72. The van der Waals surface area contributed by atoms with Gasteiger partial charge in [-0.15, -0.1) is 0 Å². The molecule has 108 valence electrons. The van der Waals surface area contributed by atoms with Crippen LogP contribution in [0.5, 0.6) is 0 Å². The van der Waals surface area contributed by atoms with Crippen LogP contribution in [0, 0.1) is 10.1 Å². The lowest BCUT2D eigenvalue weighted by Crippen LogP contribution is -2.15. The first kappa shape index (κ1) is 15.1. The number of carbonyl (C=O) groups is 1. The van der Waals surface area contributed by atoms with Crippen molar-refractivity contribution in [3.63, 3.8) is 0 Å². The fraction of sp³-hybridized carbons (Fsp3) is 0. The molecule has 0 atom stereocenters. The minimum atomic E-state index is -0.654. The predicted octanol–water partition coefficient (Wildman–Crippen LogP) is 3.74. The van der Waals surface area contributed by atoms with Gasteiger partial charge in [0.25, 0.3) is 11.6 Å². The molecule has 2 rings (SSSR count). The fourth-order valence-electron chi connectivity index (χ4n) is 1.70. The molecule has 2 aromatic carbocycles. The summed E-state index contributed by atoms with van der Waals surface area (Å²) in [5.41, 5.74) is 5.38. The zero-order chi connectivity index (χ0) is 15.6. The lowest BCUT2D eigenvalue weighted by molar-refractivity contribution is -0.383. The van der Waals surface area contributed by atoms with Crippen molar-refractivity contribution >= 4 is 46.2 Å². The van der Waals surface area contributed by atoms with Crippen molar-refractivity contribution in [2.45, 2.75) is 0 Å². The Morgan fingerprint density at radius 2 is 1.86 bits per heavy atom. The van der Waals surface area contributed by atoms with Crippen LogP contribution in [-0.4, -0.2) is 10.8 Å². The third kappa shape index (κ3) is 3.07. The molecule has 6 nitrogen and oxygen atoms in total. The first-order valence-corrected chi connectivity index (χ1v) is 6.45. The summed E-state index contributed by atoms with van der Waals surface area (Å²) >= 11 is 11.8. The smallest absolute Gasteiger partial charge is 0.292 e. The molecule has 3 N–H and O–H groups in total. The lowest BCUT2D eigenvalue weighted by Gasteiger charge is -2.09. The second kappa shape index (κ2) is 5.99. The van der Waals surface area contributed by atoms with Gasteiger partial charge in [-0.25, -0.2) is 0 Å². The largest absolute Gasteiger partial charge is 0.393 e. The summed E-state index contributed by atoms with van der Waals surface area (Å²) < 4.78 is 0. The summed E-state index contributed by atoms with van der Waals surface area (Å²) in [6.45, 7) is 0. The summed E-state index contributed by atoms with van der Waals surface area (Å²) in [6, 6.07) is 8.72. The quantitative estimate of drug-likeness (QED) is 0.510. The Bertz CT molecular complexity index is 735. The van der Waals surface area contributed by atoms with Gasteiger partial charge in [0.15, 0.2) is 0 Å². The van der Waals surface area contributed by atoms with Crippen molar-refractivity contribution in [3.05, 3.63) is 62.1 Å². The Morgan fingerprint density at radius 1 is 1.19 bits per heavy atom. The molecule has 1 amide bonds. The van der Waals surface area contributed by atoms with E-state index in [2.05, 4.69) is 5.32 Å². The van der Waals surface area contributed by atoms with Crippen LogP contribution < -0.4 is 11.1 Å². The van der Waals surface area contributed by atoms with Gasteiger partial charge in [-0.1, -0.05) is 35.3 Å². The minimum absolute atomic E-state index is 0.0137. The highest BCUT2D eigenvalue weighted by Gasteiger charge is 2.19. The molecule has 0 fully saturated rings. The van der Waals surface area contributed by atoms with Crippen molar-refractivity contribution in [2.75, 3.05) is 11.1 Å². The molecular weight excluding hydrogens is 317 g/mol. The standard InChI is InChI=1S/C13H9Cl2N3O3/c14-8-4-2-5-9(11(8)15)17-13(19)7-3-1-6-10(12(7)16)18(20)21/h1-6H,16H2,(H,17,19). The van der Waals surface area contributed by atoms with E-state index < -0.39 is 10.8 Å². The second-order valence-corrected chi connectivity index (χ2v) is 4.84. The molecule has 0 saturated carbocycles. The van der Waals surface area contributed by atoms with Gasteiger partial charge in [0, 0.05) is 6.07 Å². The zero-order valence-corrected chi connectivity index (χ0v) is 12.0. The van der Waals surface area contributed by atoms with Gasteiger partial charge >= 0.3 is 0 Å². The van der Waals surface area contributed by atoms with E-state index in [1.54, 1.807) is 18.2 Å². The summed E-state index contributed by atoms with van der Waals surface area (Å²) in [7, 11) is 0. The van der Waals surface area contributed by atoms with E-state index in [1.165, 1.54) is 18.2 Å². The molecule has 0 aliphatic carbocycles. The van der Waals surface area contributed by atoms with Gasteiger partial charge in [0.1, 0.15) is 5.69 Å². The van der Waals surface area contributed by atoms with E-state index in [0.29, 0.717) is 5.69 Å². The normalized spacial score (nSPS) is 10.2. The summed E-state index contributed by atoms with van der Waals surface area (Å²) in [5, 5.41) is 13.8. The van der Waals surface area contributed by atoms with Crippen LogP contribution in [0.3, 0.4) is 0 Å². The molecule has 21 heavy (non-hydrogen) atoms. The number of nitro groups is 1. The highest BCUT2D eigenvalue weighted by Crippen LogP contribution is 2.31. The number of hydrogen-bond acceptors (Lipinski definition) is 4. The number of nitro benzene ring substituents is 1. The number of rotatable bonds is 3. The van der Waals surface area contributed by atoms with Crippen LogP contribution >= 0.6 is 23.2 Å². The van der Waals surface area contributed by atoms with Crippen molar-refractivity contribution in [3.8, 4) is 0 Å². The number of halogens is 2. The summed E-state index contributed by atoms with van der Waals surface area (Å²) in [5.74, 6) is -0.611. The number of nitrogens with zero attached hydrogens (tertiary/aromatic N) is 1. The summed E-state index contributed by atoms with van der Waals surface area (Å²) in [4.78, 5) is 22.3. The van der Waals surface area contributed by atoms with Crippen molar-refractivity contribution in [1.29, 1.82) is 0 Å². The van der Waals surface area contributed by atoms with Crippen LogP contribution in [0.4, 0.5) is 17.1 Å². The van der Waals surface area contributed by atoms with Crippen LogP contribution in [-0.2, 0) is 0 Å². The van der Waals surface area contributed by atoms with E-state index in [0.717, 1.165) is 0 Å². The highest BCUT2D eigenvalue weighted by molar-refractivity contribution is 6.44. The molecule has 0 aliphatic rings. The molecular formula is C13H9Cl2N3O3. The van der Waals surface area contributed by atoms with Crippen molar-refractivity contribution in [2.24, 2.45) is 0 Å². The molecule has 0 heterocycles. The maximum absolute atomic E-state index is 12.2. The SMILES string of the molecule is Nc1c(C(=O)Nc2cccc(Cl)c2Cl)cccc1[N+](=O)[O-]. The Labute approximate surface area is 129 Å². The Morgan fingerprint density at radius 3 is 2.52 bits per heavy atom. The number of carbonyl (C=O) groups excluding carboxylic acids is 1. The molecule has 8 heteroatoms. The number of nitrogens with one attached hydrogen (secondary N) is 1. The maximum Gasteiger partial charge on any atom is 0.292 e. The third-order valence-corrected chi connectivity index (χ3v) is 3.54. The molecule has 0 spiro atoms. The average Bonchev–Trinajstić information content (AvgIpc) is 2.43. The van der Waals surface area contributed by atoms with Crippen LogP contribution in [0.1, 0.15) is 10.4 Å². The Kier molecular flexibility index (Phi) is 4.30. The highest BCUT2D eigenvalue weighted by atomic mass is 35.5. The molecule has 0 aliphatic heterocycles. The molecule has 0 aromatic heterocycles. The number of nitrogen functional groups attached to an aromatic ring is 1. The second-order valence-electron chi connectivity index (χ2n) is 4.05. The topological polar surface area (TPSA) is 98.3 Å². The molecule has 2 aromatic rings. The van der Waals surface area contributed by atoms with Gasteiger partial charge in [-0.3, -0.25) is 14.9 Å². The minimum Gasteiger partial charge on any atom is -0.393 e. The molecule has 0 radical (unpaired) electrons.